The van der Waals surface area contributed by atoms with Crippen LogP contribution in [-0.4, -0.2) is 50.5 Å². The number of hydrogen-bond acceptors (Lipinski definition) is 7. The van der Waals surface area contributed by atoms with Gasteiger partial charge in [-0.25, -0.2) is 14.5 Å². The van der Waals surface area contributed by atoms with Crippen molar-refractivity contribution in [3.05, 3.63) is 24.0 Å². The highest BCUT2D eigenvalue weighted by Crippen LogP contribution is 2.35. The maximum absolute atomic E-state index is 10.5. The predicted molar refractivity (Wildman–Crippen MR) is 111 cm³/mol. The van der Waals surface area contributed by atoms with E-state index in [1.807, 2.05) is 29.8 Å². The molecule has 0 amide bonds. The van der Waals surface area contributed by atoms with E-state index in [0.717, 1.165) is 59.4 Å². The number of fused-ring (bicyclic) bond motifs is 1. The Kier molecular flexibility index (Phi) is 5.01. The highest BCUT2D eigenvalue weighted by molar-refractivity contribution is 7.20. The molecular formula is C20H27N5O2S. The molecule has 1 fully saturated rings. The lowest BCUT2D eigenvalue weighted by Gasteiger charge is -2.37. The van der Waals surface area contributed by atoms with Crippen LogP contribution in [0.15, 0.2) is 18.3 Å². The third-order valence-electron chi connectivity index (χ3n) is 5.64. The number of aromatic nitrogens is 4. The van der Waals surface area contributed by atoms with E-state index < -0.39 is 5.60 Å². The Morgan fingerprint density at radius 1 is 1.29 bits per heavy atom. The van der Waals surface area contributed by atoms with Crippen LogP contribution in [0.4, 0.5) is 5.13 Å². The van der Waals surface area contributed by atoms with Crippen molar-refractivity contribution in [2.75, 3.05) is 25.1 Å². The van der Waals surface area contributed by atoms with Gasteiger partial charge in [-0.2, -0.15) is 0 Å². The molecular weight excluding hydrogens is 374 g/mol. The number of anilines is 1. The second-order valence-electron chi connectivity index (χ2n) is 7.74. The van der Waals surface area contributed by atoms with E-state index in [2.05, 4.69) is 28.7 Å². The number of aliphatic hydroxyl groups is 1. The van der Waals surface area contributed by atoms with Crippen LogP contribution in [0, 0.1) is 0 Å². The first-order valence-electron chi connectivity index (χ1n) is 9.81. The van der Waals surface area contributed by atoms with E-state index in [4.69, 9.17) is 9.84 Å². The second-order valence-corrected chi connectivity index (χ2v) is 8.67. The summed E-state index contributed by atoms with van der Waals surface area (Å²) in [6.45, 7) is 7.90. The highest BCUT2D eigenvalue weighted by Gasteiger charge is 2.31. The lowest BCUT2D eigenvalue weighted by atomic mass is 9.89. The van der Waals surface area contributed by atoms with Crippen molar-refractivity contribution in [2.45, 2.75) is 51.6 Å². The van der Waals surface area contributed by atoms with E-state index in [9.17, 15) is 5.11 Å². The van der Waals surface area contributed by atoms with Crippen LogP contribution in [-0.2, 0) is 0 Å². The number of rotatable bonds is 5. The zero-order valence-corrected chi connectivity index (χ0v) is 17.7. The van der Waals surface area contributed by atoms with Crippen LogP contribution in [0.2, 0.25) is 0 Å². The number of methoxy groups -OCH3 is 1. The fourth-order valence-electron chi connectivity index (χ4n) is 3.59. The van der Waals surface area contributed by atoms with Gasteiger partial charge >= 0.3 is 0 Å². The Bertz CT molecular complexity index is 972. The molecule has 0 bridgehead atoms. The molecule has 0 spiro atoms. The van der Waals surface area contributed by atoms with Crippen molar-refractivity contribution in [1.82, 2.24) is 19.6 Å². The van der Waals surface area contributed by atoms with Gasteiger partial charge in [-0.3, -0.25) is 0 Å². The predicted octanol–water partition coefficient (Wildman–Crippen LogP) is 3.73. The SMILES string of the molecule is CCC1(O)CCN(c2nn3c(-c4ccc(C(C)C)nc4OC)cnc3s2)CC1. The van der Waals surface area contributed by atoms with Crippen LogP contribution in [0.1, 0.15) is 51.6 Å². The summed E-state index contributed by atoms with van der Waals surface area (Å²) in [5.41, 5.74) is 2.22. The minimum atomic E-state index is -0.531. The van der Waals surface area contributed by atoms with Gasteiger partial charge in [-0.15, -0.1) is 5.10 Å². The van der Waals surface area contributed by atoms with Crippen LogP contribution >= 0.6 is 11.3 Å². The molecule has 1 N–H and O–H groups in total. The summed E-state index contributed by atoms with van der Waals surface area (Å²) in [5, 5.41) is 16.2. The summed E-state index contributed by atoms with van der Waals surface area (Å²) in [4.78, 5) is 12.3. The maximum Gasteiger partial charge on any atom is 0.222 e. The van der Waals surface area contributed by atoms with Crippen molar-refractivity contribution in [3.63, 3.8) is 0 Å². The fraction of sp³-hybridized carbons (Fsp3) is 0.550. The molecule has 0 atom stereocenters. The zero-order chi connectivity index (χ0) is 19.9. The summed E-state index contributed by atoms with van der Waals surface area (Å²) in [7, 11) is 1.64. The van der Waals surface area contributed by atoms with Gasteiger partial charge in [-0.05, 0) is 37.3 Å². The van der Waals surface area contributed by atoms with Crippen LogP contribution in [0.5, 0.6) is 5.88 Å². The zero-order valence-electron chi connectivity index (χ0n) is 16.8. The lowest BCUT2D eigenvalue weighted by molar-refractivity contribution is 0.0125. The van der Waals surface area contributed by atoms with Gasteiger partial charge in [0.25, 0.3) is 0 Å². The number of hydrogen-bond donors (Lipinski definition) is 1. The Hall–Kier alpha value is -2.19. The molecule has 28 heavy (non-hydrogen) atoms. The molecule has 0 radical (unpaired) electrons. The van der Waals surface area contributed by atoms with Crippen molar-refractivity contribution in [2.24, 2.45) is 0 Å². The van der Waals surface area contributed by atoms with Crippen molar-refractivity contribution >= 4 is 21.4 Å². The summed E-state index contributed by atoms with van der Waals surface area (Å²) in [6.07, 6.45) is 4.16. The number of imidazole rings is 1. The summed E-state index contributed by atoms with van der Waals surface area (Å²) < 4.78 is 7.42. The minimum absolute atomic E-state index is 0.333. The van der Waals surface area contributed by atoms with Gasteiger partial charge in [0, 0.05) is 18.8 Å². The fourth-order valence-corrected chi connectivity index (χ4v) is 4.52. The second kappa shape index (κ2) is 7.33. The molecule has 8 heteroatoms. The molecule has 150 valence electrons. The average molecular weight is 402 g/mol. The number of ether oxygens (including phenoxy) is 1. The first-order valence-corrected chi connectivity index (χ1v) is 10.6. The van der Waals surface area contributed by atoms with Gasteiger partial charge < -0.3 is 14.7 Å². The smallest absolute Gasteiger partial charge is 0.222 e. The molecule has 4 rings (SSSR count). The third kappa shape index (κ3) is 3.35. The van der Waals surface area contributed by atoms with Crippen molar-refractivity contribution < 1.29 is 9.84 Å². The summed E-state index contributed by atoms with van der Waals surface area (Å²) in [6, 6.07) is 4.07. The minimum Gasteiger partial charge on any atom is -0.480 e. The van der Waals surface area contributed by atoms with Crippen molar-refractivity contribution in [3.8, 4) is 17.1 Å². The molecule has 3 aromatic rings. The molecule has 0 aromatic carbocycles. The van der Waals surface area contributed by atoms with Gasteiger partial charge in [-0.1, -0.05) is 32.1 Å². The van der Waals surface area contributed by atoms with Crippen LogP contribution < -0.4 is 9.64 Å². The standard InChI is InChI=1S/C20H27N5O2S/c1-5-20(26)8-10-24(11-9-20)19-23-25-16(12-21-18(25)28-19)14-6-7-15(13(2)3)22-17(14)27-4/h6-7,12-13,26H,5,8-11H2,1-4H3. The molecule has 1 aliphatic rings. The Morgan fingerprint density at radius 3 is 2.68 bits per heavy atom. The molecule has 1 saturated heterocycles. The van der Waals surface area contributed by atoms with Gasteiger partial charge in [0.1, 0.15) is 0 Å². The van der Waals surface area contributed by atoms with E-state index in [-0.39, 0.29) is 0 Å². The number of piperidine rings is 1. The first kappa shape index (κ1) is 19.1. The van der Waals surface area contributed by atoms with Gasteiger partial charge in [0.15, 0.2) is 0 Å². The Morgan fingerprint density at radius 2 is 2.04 bits per heavy atom. The molecule has 7 nitrogen and oxygen atoms in total. The monoisotopic (exact) mass is 401 g/mol. The molecule has 3 aromatic heterocycles. The topological polar surface area (TPSA) is 75.8 Å². The van der Waals surface area contributed by atoms with Crippen molar-refractivity contribution in [1.29, 1.82) is 0 Å². The Labute approximate surface area is 169 Å². The van der Waals surface area contributed by atoms with Gasteiger partial charge in [0.2, 0.25) is 16.0 Å². The molecule has 0 unspecified atom stereocenters. The molecule has 0 aliphatic carbocycles. The number of nitrogens with zero attached hydrogens (tertiary/aromatic N) is 5. The van der Waals surface area contributed by atoms with E-state index in [1.165, 1.54) is 0 Å². The molecule has 0 saturated carbocycles. The van der Waals surface area contributed by atoms with E-state index in [1.54, 1.807) is 18.4 Å². The van der Waals surface area contributed by atoms with Crippen LogP contribution in [0.3, 0.4) is 0 Å². The highest BCUT2D eigenvalue weighted by atomic mass is 32.1. The lowest BCUT2D eigenvalue weighted by Crippen LogP contribution is -2.44. The van der Waals surface area contributed by atoms with Crippen LogP contribution in [0.25, 0.3) is 16.2 Å². The Balaban J connectivity index is 1.66. The van der Waals surface area contributed by atoms with E-state index in [0.29, 0.717) is 11.8 Å². The molecule has 4 heterocycles. The third-order valence-corrected chi connectivity index (χ3v) is 6.62. The maximum atomic E-state index is 10.5. The summed E-state index contributed by atoms with van der Waals surface area (Å²) >= 11 is 1.57. The normalized spacial score (nSPS) is 16.9. The number of pyridine rings is 1. The largest absolute Gasteiger partial charge is 0.480 e. The first-order chi connectivity index (χ1) is 13.4. The molecule has 1 aliphatic heterocycles. The average Bonchev–Trinajstić information content (AvgIpc) is 3.29. The quantitative estimate of drug-likeness (QED) is 0.702. The van der Waals surface area contributed by atoms with E-state index >= 15 is 0 Å². The van der Waals surface area contributed by atoms with Gasteiger partial charge in [0.05, 0.1) is 30.2 Å². The summed E-state index contributed by atoms with van der Waals surface area (Å²) in [5.74, 6) is 0.925.